The number of carbonyl (C=O) groups is 2. The Kier molecular flexibility index (Phi) is 7.21. The number of amides is 1. The molecule has 0 atom stereocenters. The number of nitrogens with one attached hydrogen (secondary N) is 1. The first-order chi connectivity index (χ1) is 12.0. The highest BCUT2D eigenvalue weighted by Crippen LogP contribution is 2.23. The van der Waals surface area contributed by atoms with Gasteiger partial charge in [0.1, 0.15) is 10.6 Å². The van der Waals surface area contributed by atoms with Gasteiger partial charge in [-0.2, -0.15) is 0 Å². The summed E-state index contributed by atoms with van der Waals surface area (Å²) >= 11 is 6.91. The van der Waals surface area contributed by atoms with Crippen molar-refractivity contribution in [1.82, 2.24) is 4.98 Å². The van der Waals surface area contributed by atoms with Gasteiger partial charge in [-0.05, 0) is 44.5 Å². The Hall–Kier alpha value is -2.12. The molecule has 134 valence electrons. The fourth-order valence-electron chi connectivity index (χ4n) is 1.97. The Morgan fingerprint density at radius 1 is 1.28 bits per heavy atom. The van der Waals surface area contributed by atoms with Crippen molar-refractivity contribution in [3.63, 3.8) is 0 Å². The first kappa shape index (κ1) is 19.2. The van der Waals surface area contributed by atoms with Gasteiger partial charge in [-0.25, -0.2) is 9.78 Å². The van der Waals surface area contributed by atoms with Crippen LogP contribution in [0.15, 0.2) is 24.3 Å². The number of anilines is 1. The van der Waals surface area contributed by atoms with Crippen LogP contribution in [0.25, 0.3) is 0 Å². The molecule has 0 saturated heterocycles. The van der Waals surface area contributed by atoms with E-state index in [1.807, 2.05) is 0 Å². The summed E-state index contributed by atoms with van der Waals surface area (Å²) in [6, 6.07) is 7.04. The second kappa shape index (κ2) is 9.39. The SMILES string of the molecule is CCOC(=O)c1sc(NC(=O)CCCOc2ccc(Cl)cc2)nc1C. The van der Waals surface area contributed by atoms with E-state index in [0.717, 1.165) is 11.3 Å². The average molecular weight is 383 g/mol. The Balaban J connectivity index is 1.75. The lowest BCUT2D eigenvalue weighted by Crippen LogP contribution is -2.12. The van der Waals surface area contributed by atoms with Gasteiger partial charge in [0.2, 0.25) is 5.91 Å². The van der Waals surface area contributed by atoms with E-state index < -0.39 is 5.97 Å². The van der Waals surface area contributed by atoms with Crippen LogP contribution in [0, 0.1) is 6.92 Å². The molecule has 0 aliphatic carbocycles. The number of esters is 1. The van der Waals surface area contributed by atoms with E-state index in [2.05, 4.69) is 10.3 Å². The van der Waals surface area contributed by atoms with Gasteiger partial charge in [-0.3, -0.25) is 4.79 Å². The Morgan fingerprint density at radius 2 is 2.00 bits per heavy atom. The third kappa shape index (κ3) is 6.03. The zero-order valence-electron chi connectivity index (χ0n) is 14.0. The number of aryl methyl sites for hydroxylation is 1. The molecule has 0 spiro atoms. The topological polar surface area (TPSA) is 77.5 Å². The van der Waals surface area contributed by atoms with Crippen LogP contribution in [0.3, 0.4) is 0 Å². The third-order valence-electron chi connectivity index (χ3n) is 3.13. The predicted molar refractivity (Wildman–Crippen MR) is 97.6 cm³/mol. The minimum atomic E-state index is -0.422. The van der Waals surface area contributed by atoms with Crippen LogP contribution < -0.4 is 10.1 Å². The summed E-state index contributed by atoms with van der Waals surface area (Å²) in [5.74, 6) is 0.109. The quantitative estimate of drug-likeness (QED) is 0.549. The van der Waals surface area contributed by atoms with Crippen molar-refractivity contribution >= 4 is 39.9 Å². The minimum absolute atomic E-state index is 0.177. The lowest BCUT2D eigenvalue weighted by Gasteiger charge is -2.06. The number of rotatable bonds is 8. The van der Waals surface area contributed by atoms with Gasteiger partial charge in [0.05, 0.1) is 18.9 Å². The van der Waals surface area contributed by atoms with Gasteiger partial charge in [-0.1, -0.05) is 22.9 Å². The standard InChI is InChI=1S/C17H19ClN2O4S/c1-3-23-16(22)15-11(2)19-17(25-15)20-14(21)5-4-10-24-13-8-6-12(18)7-9-13/h6-9H,3-5,10H2,1-2H3,(H,19,20,21). The highest BCUT2D eigenvalue weighted by molar-refractivity contribution is 7.17. The maximum atomic E-state index is 12.0. The zero-order chi connectivity index (χ0) is 18.2. The van der Waals surface area contributed by atoms with Crippen molar-refractivity contribution in [3.8, 4) is 5.75 Å². The van der Waals surface area contributed by atoms with Gasteiger partial charge < -0.3 is 14.8 Å². The monoisotopic (exact) mass is 382 g/mol. The van der Waals surface area contributed by atoms with Crippen molar-refractivity contribution < 1.29 is 19.1 Å². The van der Waals surface area contributed by atoms with E-state index in [-0.39, 0.29) is 5.91 Å². The van der Waals surface area contributed by atoms with Crippen LogP contribution >= 0.6 is 22.9 Å². The molecule has 0 aliphatic heterocycles. The molecular formula is C17H19ClN2O4S. The second-order valence-electron chi connectivity index (χ2n) is 5.11. The van der Waals surface area contributed by atoms with Crippen LogP contribution in [0.2, 0.25) is 5.02 Å². The summed E-state index contributed by atoms with van der Waals surface area (Å²) in [5, 5.41) is 3.73. The Bertz CT molecular complexity index is 731. The van der Waals surface area contributed by atoms with Crippen LogP contribution in [0.1, 0.15) is 35.1 Å². The second-order valence-corrected chi connectivity index (χ2v) is 6.54. The van der Waals surface area contributed by atoms with Crippen molar-refractivity contribution in [3.05, 3.63) is 39.9 Å². The van der Waals surface area contributed by atoms with Crippen LogP contribution in [0.5, 0.6) is 5.75 Å². The first-order valence-corrected chi connectivity index (χ1v) is 9.01. The average Bonchev–Trinajstić information content (AvgIpc) is 2.94. The summed E-state index contributed by atoms with van der Waals surface area (Å²) < 4.78 is 10.5. The van der Waals surface area contributed by atoms with Crippen molar-refractivity contribution in [2.45, 2.75) is 26.7 Å². The number of carbonyl (C=O) groups excluding carboxylic acids is 2. The molecule has 8 heteroatoms. The zero-order valence-corrected chi connectivity index (χ0v) is 15.6. The highest BCUT2D eigenvalue weighted by Gasteiger charge is 2.17. The molecule has 1 aromatic heterocycles. The Labute approximate surface area is 155 Å². The number of ether oxygens (including phenoxy) is 2. The largest absolute Gasteiger partial charge is 0.494 e. The number of thiazole rings is 1. The van der Waals surface area contributed by atoms with Crippen LogP contribution in [-0.2, 0) is 9.53 Å². The molecule has 0 radical (unpaired) electrons. The first-order valence-electron chi connectivity index (χ1n) is 7.82. The van der Waals surface area contributed by atoms with Gasteiger partial charge >= 0.3 is 5.97 Å². The molecular weight excluding hydrogens is 364 g/mol. The van der Waals surface area contributed by atoms with Gasteiger partial charge in [-0.15, -0.1) is 0 Å². The number of benzene rings is 1. The lowest BCUT2D eigenvalue weighted by atomic mass is 10.3. The molecule has 2 aromatic rings. The maximum absolute atomic E-state index is 12.0. The highest BCUT2D eigenvalue weighted by atomic mass is 35.5. The van der Waals surface area contributed by atoms with E-state index in [1.165, 1.54) is 0 Å². The molecule has 6 nitrogen and oxygen atoms in total. The fourth-order valence-corrected chi connectivity index (χ4v) is 2.97. The number of halogens is 1. The van der Waals surface area contributed by atoms with E-state index in [4.69, 9.17) is 21.1 Å². The molecule has 1 aromatic carbocycles. The lowest BCUT2D eigenvalue weighted by molar-refractivity contribution is -0.116. The fraction of sp³-hybridized carbons (Fsp3) is 0.353. The predicted octanol–water partition coefficient (Wildman–Crippen LogP) is 4.08. The minimum Gasteiger partial charge on any atom is -0.494 e. The normalized spacial score (nSPS) is 10.4. The molecule has 0 saturated carbocycles. The molecule has 0 fully saturated rings. The molecule has 0 aliphatic rings. The number of hydrogen-bond donors (Lipinski definition) is 1. The van der Waals surface area contributed by atoms with E-state index in [1.54, 1.807) is 38.1 Å². The summed E-state index contributed by atoms with van der Waals surface area (Å²) in [5.41, 5.74) is 0.546. The van der Waals surface area contributed by atoms with E-state index in [9.17, 15) is 9.59 Å². The molecule has 1 N–H and O–H groups in total. The van der Waals surface area contributed by atoms with E-state index in [0.29, 0.717) is 52.5 Å². The smallest absolute Gasteiger partial charge is 0.350 e. The summed E-state index contributed by atoms with van der Waals surface area (Å²) in [4.78, 5) is 28.3. The summed E-state index contributed by atoms with van der Waals surface area (Å²) in [6.07, 6.45) is 0.852. The molecule has 0 bridgehead atoms. The van der Waals surface area contributed by atoms with Crippen LogP contribution in [-0.4, -0.2) is 30.1 Å². The summed E-state index contributed by atoms with van der Waals surface area (Å²) in [7, 11) is 0. The number of aromatic nitrogens is 1. The van der Waals surface area contributed by atoms with E-state index >= 15 is 0 Å². The molecule has 0 unspecified atom stereocenters. The van der Waals surface area contributed by atoms with Crippen molar-refractivity contribution in [1.29, 1.82) is 0 Å². The van der Waals surface area contributed by atoms with Gasteiger partial charge in [0, 0.05) is 11.4 Å². The maximum Gasteiger partial charge on any atom is 0.350 e. The Morgan fingerprint density at radius 3 is 2.68 bits per heavy atom. The molecule has 1 heterocycles. The van der Waals surface area contributed by atoms with Gasteiger partial charge in [0.25, 0.3) is 0 Å². The van der Waals surface area contributed by atoms with Crippen molar-refractivity contribution in [2.75, 3.05) is 18.5 Å². The van der Waals surface area contributed by atoms with Crippen molar-refractivity contribution in [2.24, 2.45) is 0 Å². The molecule has 1 amide bonds. The molecule has 2 rings (SSSR count). The summed E-state index contributed by atoms with van der Waals surface area (Å²) in [6.45, 7) is 4.16. The van der Waals surface area contributed by atoms with Crippen LogP contribution in [0.4, 0.5) is 5.13 Å². The third-order valence-corrected chi connectivity index (χ3v) is 4.44. The number of nitrogens with zero attached hydrogens (tertiary/aromatic N) is 1. The molecule has 25 heavy (non-hydrogen) atoms. The van der Waals surface area contributed by atoms with Gasteiger partial charge in [0.15, 0.2) is 5.13 Å². The number of hydrogen-bond acceptors (Lipinski definition) is 6.